The topological polar surface area (TPSA) is 61.8 Å². The molecule has 2 heterocycles. The molecule has 0 radical (unpaired) electrons. The Labute approximate surface area is 138 Å². The van der Waals surface area contributed by atoms with Crippen LogP contribution in [0.15, 0.2) is 58.9 Å². The molecule has 0 atom stereocenters. The van der Waals surface area contributed by atoms with Gasteiger partial charge in [-0.2, -0.15) is 0 Å². The van der Waals surface area contributed by atoms with Gasteiger partial charge in [-0.3, -0.25) is 9.36 Å². The average molecular weight is 322 g/mol. The zero-order valence-electron chi connectivity index (χ0n) is 13.3. The number of imidazole rings is 1. The highest BCUT2D eigenvalue weighted by molar-refractivity contribution is 5.72. The van der Waals surface area contributed by atoms with Gasteiger partial charge in [0.05, 0.1) is 12.0 Å². The first-order valence-corrected chi connectivity index (χ1v) is 8.07. The van der Waals surface area contributed by atoms with Crippen LogP contribution in [0.5, 0.6) is 0 Å². The Morgan fingerprint density at radius 1 is 1.21 bits per heavy atom. The van der Waals surface area contributed by atoms with Gasteiger partial charge in [0.15, 0.2) is 11.2 Å². The maximum atomic E-state index is 12.9. The summed E-state index contributed by atoms with van der Waals surface area (Å²) in [4.78, 5) is 30.1. The first-order chi connectivity index (χ1) is 11.7. The quantitative estimate of drug-likeness (QED) is 0.675. The van der Waals surface area contributed by atoms with Crippen LogP contribution >= 0.6 is 0 Å². The molecule has 1 fully saturated rings. The minimum atomic E-state index is -0.393. The summed E-state index contributed by atoms with van der Waals surface area (Å²) < 4.78 is 4.60. The van der Waals surface area contributed by atoms with Gasteiger partial charge in [-0.15, -0.1) is 6.58 Å². The Morgan fingerprint density at radius 2 is 1.96 bits per heavy atom. The molecule has 6 nitrogen and oxygen atoms in total. The second-order valence-corrected chi connectivity index (χ2v) is 6.17. The number of hydrogen-bond donors (Lipinski definition) is 0. The number of fused-ring (bicyclic) bond motifs is 1. The maximum absolute atomic E-state index is 12.9. The molecule has 6 heteroatoms. The van der Waals surface area contributed by atoms with Crippen molar-refractivity contribution in [2.24, 2.45) is 5.92 Å². The van der Waals surface area contributed by atoms with E-state index in [1.54, 1.807) is 12.4 Å². The van der Waals surface area contributed by atoms with Crippen LogP contribution in [0.4, 0.5) is 0 Å². The molecule has 3 aromatic rings. The van der Waals surface area contributed by atoms with Crippen LogP contribution in [0, 0.1) is 5.92 Å². The van der Waals surface area contributed by atoms with E-state index in [2.05, 4.69) is 11.6 Å². The van der Waals surface area contributed by atoms with E-state index in [-0.39, 0.29) is 12.1 Å². The molecule has 0 bridgehead atoms. The monoisotopic (exact) mass is 322 g/mol. The molecule has 0 N–H and O–H groups in total. The molecule has 122 valence electrons. The van der Waals surface area contributed by atoms with Gasteiger partial charge in [0.25, 0.3) is 5.56 Å². The van der Waals surface area contributed by atoms with Crippen molar-refractivity contribution in [3.8, 4) is 5.69 Å². The smallest absolute Gasteiger partial charge is 0.324 e. The molecular formula is C18H18N4O2. The summed E-state index contributed by atoms with van der Waals surface area (Å²) in [6, 6.07) is 9.28. The van der Waals surface area contributed by atoms with Gasteiger partial charge >= 0.3 is 5.69 Å². The van der Waals surface area contributed by atoms with E-state index in [0.717, 1.165) is 6.54 Å². The lowest BCUT2D eigenvalue weighted by Gasteiger charge is -2.11. The number of rotatable bonds is 5. The fraction of sp³-hybridized carbons (Fsp3) is 0.278. The van der Waals surface area contributed by atoms with Crippen LogP contribution in [0.3, 0.4) is 0 Å². The normalized spacial score (nSPS) is 14.2. The molecule has 1 aliphatic rings. The van der Waals surface area contributed by atoms with Crippen LogP contribution in [0.2, 0.25) is 0 Å². The van der Waals surface area contributed by atoms with E-state index in [4.69, 9.17) is 0 Å². The standard InChI is InChI=1S/C18H18N4O2/c1-2-10-21-17(23)15-16(19-12-20(15)11-13-8-9-13)22(18(21)24)14-6-4-3-5-7-14/h2-7,12-13H,1,8-11H2. The Hall–Kier alpha value is -2.89. The second-order valence-electron chi connectivity index (χ2n) is 6.17. The summed E-state index contributed by atoms with van der Waals surface area (Å²) in [5, 5.41) is 0. The molecule has 1 saturated carbocycles. The molecule has 24 heavy (non-hydrogen) atoms. The maximum Gasteiger partial charge on any atom is 0.337 e. The van der Waals surface area contributed by atoms with Crippen molar-refractivity contribution in [2.45, 2.75) is 25.9 Å². The molecule has 1 aromatic carbocycles. The molecule has 1 aliphatic carbocycles. The number of hydrogen-bond acceptors (Lipinski definition) is 3. The Balaban J connectivity index is 2.06. The third kappa shape index (κ3) is 2.31. The van der Waals surface area contributed by atoms with Crippen LogP contribution in [-0.4, -0.2) is 18.7 Å². The first kappa shape index (κ1) is 14.7. The highest BCUT2D eigenvalue weighted by Crippen LogP contribution is 2.31. The first-order valence-electron chi connectivity index (χ1n) is 8.07. The van der Waals surface area contributed by atoms with Crippen LogP contribution < -0.4 is 11.2 Å². The second kappa shape index (κ2) is 5.63. The van der Waals surface area contributed by atoms with Gasteiger partial charge in [-0.25, -0.2) is 14.3 Å². The van der Waals surface area contributed by atoms with E-state index in [1.807, 2.05) is 34.9 Å². The number of para-hydroxylation sites is 1. The van der Waals surface area contributed by atoms with E-state index >= 15 is 0 Å². The number of aromatic nitrogens is 4. The highest BCUT2D eigenvalue weighted by Gasteiger charge is 2.25. The predicted octanol–water partition coefficient (Wildman–Crippen LogP) is 1.94. The number of benzene rings is 1. The lowest BCUT2D eigenvalue weighted by atomic mass is 10.3. The minimum absolute atomic E-state index is 0.176. The SMILES string of the molecule is C=CCn1c(=O)c2c(ncn2CC2CC2)n(-c2ccccc2)c1=O. The van der Waals surface area contributed by atoms with Crippen LogP contribution in [-0.2, 0) is 13.1 Å². The summed E-state index contributed by atoms with van der Waals surface area (Å²) in [5.41, 5.74) is 0.891. The molecule has 0 aliphatic heterocycles. The van der Waals surface area contributed by atoms with Gasteiger partial charge in [0, 0.05) is 13.1 Å². The van der Waals surface area contributed by atoms with E-state index < -0.39 is 5.69 Å². The zero-order valence-corrected chi connectivity index (χ0v) is 13.3. The predicted molar refractivity (Wildman–Crippen MR) is 92.5 cm³/mol. The fourth-order valence-corrected chi connectivity index (χ4v) is 3.00. The molecular weight excluding hydrogens is 304 g/mol. The molecule has 0 saturated heterocycles. The van der Waals surface area contributed by atoms with Crippen molar-refractivity contribution >= 4 is 11.2 Å². The van der Waals surface area contributed by atoms with Gasteiger partial charge in [0.1, 0.15) is 0 Å². The van der Waals surface area contributed by atoms with E-state index in [1.165, 1.54) is 22.0 Å². The van der Waals surface area contributed by atoms with Crippen LogP contribution in [0.25, 0.3) is 16.9 Å². The largest absolute Gasteiger partial charge is 0.337 e. The van der Waals surface area contributed by atoms with Gasteiger partial charge in [-0.05, 0) is 30.9 Å². The highest BCUT2D eigenvalue weighted by atomic mass is 16.2. The lowest BCUT2D eigenvalue weighted by molar-refractivity contribution is 0.632. The Bertz CT molecular complexity index is 1020. The Morgan fingerprint density at radius 3 is 2.62 bits per heavy atom. The van der Waals surface area contributed by atoms with Crippen molar-refractivity contribution in [3.63, 3.8) is 0 Å². The minimum Gasteiger partial charge on any atom is -0.324 e. The molecule has 4 rings (SSSR count). The number of nitrogens with zero attached hydrogens (tertiary/aromatic N) is 4. The molecule has 2 aromatic heterocycles. The summed E-state index contributed by atoms with van der Waals surface area (Å²) in [5.74, 6) is 0.603. The third-order valence-electron chi connectivity index (χ3n) is 4.38. The van der Waals surface area contributed by atoms with E-state index in [0.29, 0.717) is 22.8 Å². The summed E-state index contributed by atoms with van der Waals surface area (Å²) in [6.45, 7) is 4.61. The summed E-state index contributed by atoms with van der Waals surface area (Å²) in [6.07, 6.45) is 5.59. The van der Waals surface area contributed by atoms with Crippen LogP contribution in [0.1, 0.15) is 12.8 Å². The fourth-order valence-electron chi connectivity index (χ4n) is 3.00. The molecule has 0 amide bonds. The van der Waals surface area contributed by atoms with Crippen molar-refractivity contribution in [1.29, 1.82) is 0 Å². The zero-order chi connectivity index (χ0) is 16.7. The Kier molecular flexibility index (Phi) is 3.45. The van der Waals surface area contributed by atoms with Crippen molar-refractivity contribution in [1.82, 2.24) is 18.7 Å². The summed E-state index contributed by atoms with van der Waals surface area (Å²) in [7, 11) is 0. The van der Waals surface area contributed by atoms with Gasteiger partial charge in [0.2, 0.25) is 0 Å². The number of allylic oxidation sites excluding steroid dienone is 1. The van der Waals surface area contributed by atoms with Crippen molar-refractivity contribution in [3.05, 3.63) is 70.2 Å². The lowest BCUT2D eigenvalue weighted by Crippen LogP contribution is -2.39. The van der Waals surface area contributed by atoms with Gasteiger partial charge in [-0.1, -0.05) is 24.3 Å². The average Bonchev–Trinajstić information content (AvgIpc) is 3.31. The molecule has 0 spiro atoms. The van der Waals surface area contributed by atoms with E-state index in [9.17, 15) is 9.59 Å². The van der Waals surface area contributed by atoms with Crippen molar-refractivity contribution < 1.29 is 0 Å². The summed E-state index contributed by atoms with van der Waals surface area (Å²) >= 11 is 0. The van der Waals surface area contributed by atoms with Gasteiger partial charge < -0.3 is 4.57 Å². The molecule has 0 unspecified atom stereocenters. The third-order valence-corrected chi connectivity index (χ3v) is 4.38. The van der Waals surface area contributed by atoms with Crippen molar-refractivity contribution in [2.75, 3.05) is 0 Å².